The molecule has 0 spiro atoms. The molecular weight excluding hydrogens is 204 g/mol. The van der Waals surface area contributed by atoms with Crippen molar-refractivity contribution in [3.05, 3.63) is 35.4 Å². The van der Waals surface area contributed by atoms with Gasteiger partial charge in [0.15, 0.2) is 5.78 Å². The lowest BCUT2D eigenvalue weighted by Gasteiger charge is -2.06. The molecule has 0 aliphatic carbocycles. The molecule has 1 nitrogen and oxygen atoms in total. The van der Waals surface area contributed by atoms with E-state index in [2.05, 4.69) is 26.0 Å². The molecule has 15 heavy (non-hydrogen) atoms. The zero-order chi connectivity index (χ0) is 11.3. The molecule has 0 aliphatic heterocycles. The third kappa shape index (κ3) is 3.71. The van der Waals surface area contributed by atoms with Gasteiger partial charge in [0.05, 0.1) is 0 Å². The second kappa shape index (κ2) is 5.96. The molecule has 0 amide bonds. The predicted octanol–water partition coefficient (Wildman–Crippen LogP) is 3.75. The van der Waals surface area contributed by atoms with Gasteiger partial charge in [0.1, 0.15) is 0 Å². The number of carbonyl (C=O) groups is 1. The number of thioether (sulfide) groups is 1. The topological polar surface area (TPSA) is 17.1 Å². The summed E-state index contributed by atoms with van der Waals surface area (Å²) in [6.07, 6.45) is 2.66. The Morgan fingerprint density at radius 1 is 1.27 bits per heavy atom. The first-order chi connectivity index (χ1) is 7.15. The summed E-state index contributed by atoms with van der Waals surface area (Å²) >= 11 is 1.71. The third-order valence-electron chi connectivity index (χ3n) is 2.43. The lowest BCUT2D eigenvalue weighted by atomic mass is 10.00. The Bertz CT molecular complexity index is 314. The van der Waals surface area contributed by atoms with Gasteiger partial charge in [-0.25, -0.2) is 0 Å². The number of carbonyl (C=O) groups excluding carboxylic acids is 1. The van der Waals surface area contributed by atoms with Crippen molar-refractivity contribution in [3.63, 3.8) is 0 Å². The highest BCUT2D eigenvalue weighted by Crippen LogP contribution is 2.15. The second-order valence-corrected chi connectivity index (χ2v) is 4.93. The van der Waals surface area contributed by atoms with E-state index in [1.165, 1.54) is 5.56 Å². The van der Waals surface area contributed by atoms with Crippen molar-refractivity contribution in [2.24, 2.45) is 0 Å². The Balaban J connectivity index is 2.67. The van der Waals surface area contributed by atoms with Crippen LogP contribution in [0.4, 0.5) is 0 Å². The minimum Gasteiger partial charge on any atom is -0.294 e. The van der Waals surface area contributed by atoms with E-state index in [0.29, 0.717) is 12.3 Å². The molecule has 2 heteroatoms. The molecule has 82 valence electrons. The van der Waals surface area contributed by atoms with Gasteiger partial charge in [0.2, 0.25) is 0 Å². The van der Waals surface area contributed by atoms with E-state index < -0.39 is 0 Å². The Morgan fingerprint density at radius 3 is 2.33 bits per heavy atom. The molecule has 0 aromatic heterocycles. The van der Waals surface area contributed by atoms with Crippen LogP contribution < -0.4 is 0 Å². The zero-order valence-electron chi connectivity index (χ0n) is 9.62. The van der Waals surface area contributed by atoms with Crippen LogP contribution in [-0.2, 0) is 0 Å². The fourth-order valence-corrected chi connectivity index (χ4v) is 1.78. The van der Waals surface area contributed by atoms with Gasteiger partial charge in [-0.15, -0.1) is 0 Å². The highest BCUT2D eigenvalue weighted by molar-refractivity contribution is 7.98. The maximum atomic E-state index is 11.7. The first-order valence-electron chi connectivity index (χ1n) is 5.27. The quantitative estimate of drug-likeness (QED) is 0.706. The van der Waals surface area contributed by atoms with Crippen molar-refractivity contribution in [1.82, 2.24) is 0 Å². The van der Waals surface area contributed by atoms with Gasteiger partial charge in [-0.05, 0) is 17.7 Å². The molecule has 0 atom stereocenters. The SMILES string of the molecule is CSCCC(=O)c1ccc(C(C)C)cc1. The smallest absolute Gasteiger partial charge is 0.163 e. The molecule has 0 N–H and O–H groups in total. The molecular formula is C13H18OS. The van der Waals surface area contributed by atoms with Crippen LogP contribution in [-0.4, -0.2) is 17.8 Å². The van der Waals surface area contributed by atoms with Crippen LogP contribution in [0.3, 0.4) is 0 Å². The first-order valence-corrected chi connectivity index (χ1v) is 6.66. The molecule has 1 aromatic rings. The Morgan fingerprint density at radius 2 is 1.87 bits per heavy atom. The number of hydrogen-bond donors (Lipinski definition) is 0. The predicted molar refractivity (Wildman–Crippen MR) is 67.9 cm³/mol. The molecule has 0 unspecified atom stereocenters. The van der Waals surface area contributed by atoms with Gasteiger partial charge in [0.25, 0.3) is 0 Å². The van der Waals surface area contributed by atoms with E-state index in [-0.39, 0.29) is 5.78 Å². The highest BCUT2D eigenvalue weighted by atomic mass is 32.2. The normalized spacial score (nSPS) is 10.7. The summed E-state index contributed by atoms with van der Waals surface area (Å²) in [5.41, 5.74) is 2.13. The van der Waals surface area contributed by atoms with E-state index in [9.17, 15) is 4.79 Å². The van der Waals surface area contributed by atoms with E-state index in [1.807, 2.05) is 18.4 Å². The van der Waals surface area contributed by atoms with Gasteiger partial charge in [0, 0.05) is 17.7 Å². The summed E-state index contributed by atoms with van der Waals surface area (Å²) in [5, 5.41) is 0. The Hall–Kier alpha value is -0.760. The molecule has 1 rings (SSSR count). The van der Waals surface area contributed by atoms with Crippen LogP contribution in [0, 0.1) is 0 Å². The molecule has 0 radical (unpaired) electrons. The molecule has 0 saturated carbocycles. The first kappa shape index (κ1) is 12.3. The molecule has 0 fully saturated rings. The maximum Gasteiger partial charge on any atom is 0.163 e. The van der Waals surface area contributed by atoms with E-state index in [0.717, 1.165) is 11.3 Å². The Kier molecular flexibility index (Phi) is 4.89. The lowest BCUT2D eigenvalue weighted by Crippen LogP contribution is -2.00. The summed E-state index contributed by atoms with van der Waals surface area (Å²) in [7, 11) is 0. The Labute approximate surface area is 96.3 Å². The van der Waals surface area contributed by atoms with Crippen molar-refractivity contribution in [2.45, 2.75) is 26.2 Å². The average molecular weight is 222 g/mol. The fraction of sp³-hybridized carbons (Fsp3) is 0.462. The number of hydrogen-bond acceptors (Lipinski definition) is 2. The van der Waals surface area contributed by atoms with Gasteiger partial charge >= 0.3 is 0 Å². The summed E-state index contributed by atoms with van der Waals surface area (Å²) < 4.78 is 0. The van der Waals surface area contributed by atoms with Crippen LogP contribution in [0.5, 0.6) is 0 Å². The van der Waals surface area contributed by atoms with Gasteiger partial charge in [-0.1, -0.05) is 38.1 Å². The molecule has 0 saturated heterocycles. The van der Waals surface area contributed by atoms with Crippen molar-refractivity contribution >= 4 is 17.5 Å². The summed E-state index contributed by atoms with van der Waals surface area (Å²) in [6, 6.07) is 7.99. The minimum atomic E-state index is 0.250. The van der Waals surface area contributed by atoms with Crippen molar-refractivity contribution in [3.8, 4) is 0 Å². The third-order valence-corrected chi connectivity index (χ3v) is 3.04. The number of Topliss-reactive ketones (excluding diaryl/α,β-unsaturated/α-hetero) is 1. The maximum absolute atomic E-state index is 11.7. The molecule has 1 aromatic carbocycles. The van der Waals surface area contributed by atoms with Gasteiger partial charge < -0.3 is 0 Å². The number of ketones is 1. The molecule has 0 aliphatic rings. The van der Waals surface area contributed by atoms with Crippen LogP contribution in [0.15, 0.2) is 24.3 Å². The molecule has 0 bridgehead atoms. The van der Waals surface area contributed by atoms with Crippen LogP contribution in [0.1, 0.15) is 42.1 Å². The van der Waals surface area contributed by atoms with Gasteiger partial charge in [-0.3, -0.25) is 4.79 Å². The monoisotopic (exact) mass is 222 g/mol. The molecule has 0 heterocycles. The second-order valence-electron chi connectivity index (χ2n) is 3.94. The average Bonchev–Trinajstić information content (AvgIpc) is 2.26. The summed E-state index contributed by atoms with van der Waals surface area (Å²) in [5.74, 6) is 1.69. The van der Waals surface area contributed by atoms with Crippen LogP contribution in [0.25, 0.3) is 0 Å². The van der Waals surface area contributed by atoms with Gasteiger partial charge in [-0.2, -0.15) is 11.8 Å². The standard InChI is InChI=1S/C13H18OS/c1-10(2)11-4-6-12(7-5-11)13(14)8-9-15-3/h4-7,10H,8-9H2,1-3H3. The van der Waals surface area contributed by atoms with Crippen LogP contribution in [0.2, 0.25) is 0 Å². The minimum absolute atomic E-state index is 0.250. The largest absolute Gasteiger partial charge is 0.294 e. The van der Waals surface area contributed by atoms with E-state index in [4.69, 9.17) is 0 Å². The van der Waals surface area contributed by atoms with E-state index >= 15 is 0 Å². The van der Waals surface area contributed by atoms with Crippen LogP contribution >= 0.6 is 11.8 Å². The fourth-order valence-electron chi connectivity index (χ4n) is 1.39. The van der Waals surface area contributed by atoms with E-state index in [1.54, 1.807) is 11.8 Å². The van der Waals surface area contributed by atoms with Crippen molar-refractivity contribution in [1.29, 1.82) is 0 Å². The summed E-state index contributed by atoms with van der Waals surface area (Å²) in [6.45, 7) is 4.31. The van der Waals surface area contributed by atoms with Crippen molar-refractivity contribution in [2.75, 3.05) is 12.0 Å². The highest BCUT2D eigenvalue weighted by Gasteiger charge is 2.05. The zero-order valence-corrected chi connectivity index (χ0v) is 10.4. The number of benzene rings is 1. The lowest BCUT2D eigenvalue weighted by molar-refractivity contribution is 0.0989. The van der Waals surface area contributed by atoms with Crippen molar-refractivity contribution < 1.29 is 4.79 Å². The summed E-state index contributed by atoms with van der Waals surface area (Å²) in [4.78, 5) is 11.7. The number of rotatable bonds is 5.